The summed E-state index contributed by atoms with van der Waals surface area (Å²) in [7, 11) is 1.52. The lowest BCUT2D eigenvalue weighted by molar-refractivity contribution is -0.142. The van der Waals surface area contributed by atoms with Gasteiger partial charge in [-0.25, -0.2) is 0 Å². The minimum atomic E-state index is -0.939. The average Bonchev–Trinajstić information content (AvgIpc) is 3.05. The Morgan fingerprint density at radius 1 is 1.33 bits per heavy atom. The molecule has 102 valence electrons. The van der Waals surface area contributed by atoms with Gasteiger partial charge in [-0.1, -0.05) is 13.8 Å². The van der Waals surface area contributed by atoms with Crippen LogP contribution in [-0.4, -0.2) is 47.9 Å². The monoisotopic (exact) mass is 256 g/mol. The molecule has 6 heteroatoms. The molecule has 0 bridgehead atoms. The van der Waals surface area contributed by atoms with E-state index in [4.69, 9.17) is 5.11 Å². The highest BCUT2D eigenvalue weighted by Gasteiger charge is 2.49. The second-order valence-electron chi connectivity index (χ2n) is 5.18. The fourth-order valence-corrected chi connectivity index (χ4v) is 1.69. The Morgan fingerprint density at radius 3 is 2.39 bits per heavy atom. The molecule has 0 spiro atoms. The van der Waals surface area contributed by atoms with E-state index in [0.717, 1.165) is 0 Å². The van der Waals surface area contributed by atoms with Crippen LogP contribution in [0.5, 0.6) is 0 Å². The van der Waals surface area contributed by atoms with Crippen molar-refractivity contribution in [2.45, 2.75) is 20.3 Å². The third kappa shape index (κ3) is 4.01. The Bertz CT molecular complexity index is 354. The Hall–Kier alpha value is -1.59. The third-order valence-electron chi connectivity index (χ3n) is 2.89. The van der Waals surface area contributed by atoms with Crippen molar-refractivity contribution in [3.63, 3.8) is 0 Å². The molecule has 0 aromatic heterocycles. The summed E-state index contributed by atoms with van der Waals surface area (Å²) in [6.07, 6.45) is 0.381. The number of carbonyl (C=O) groups is 3. The van der Waals surface area contributed by atoms with E-state index in [9.17, 15) is 14.4 Å². The molecule has 0 saturated heterocycles. The fraction of sp³-hybridized carbons (Fsp3) is 0.750. The first-order chi connectivity index (χ1) is 8.32. The SMILES string of the molecule is CC(C)CNC(=O)CN(C)C(=O)C1CC1C(=O)O. The van der Waals surface area contributed by atoms with Gasteiger partial charge in [-0.15, -0.1) is 0 Å². The maximum absolute atomic E-state index is 11.8. The van der Waals surface area contributed by atoms with E-state index in [2.05, 4.69) is 5.32 Å². The third-order valence-corrected chi connectivity index (χ3v) is 2.89. The lowest BCUT2D eigenvalue weighted by Gasteiger charge is -2.17. The second kappa shape index (κ2) is 5.84. The van der Waals surface area contributed by atoms with Crippen LogP contribution in [0.3, 0.4) is 0 Å². The fourth-order valence-electron chi connectivity index (χ4n) is 1.69. The van der Waals surface area contributed by atoms with E-state index in [1.807, 2.05) is 13.8 Å². The second-order valence-corrected chi connectivity index (χ2v) is 5.18. The predicted octanol–water partition coefficient (Wildman–Crippen LogP) is -0.0623. The molecule has 0 aromatic carbocycles. The first-order valence-electron chi connectivity index (χ1n) is 6.07. The average molecular weight is 256 g/mol. The molecule has 2 N–H and O–H groups in total. The van der Waals surface area contributed by atoms with Gasteiger partial charge < -0.3 is 15.3 Å². The molecule has 0 radical (unpaired) electrons. The summed E-state index contributed by atoms with van der Waals surface area (Å²) in [4.78, 5) is 35.2. The normalized spacial score (nSPS) is 21.6. The quantitative estimate of drug-likeness (QED) is 0.697. The first kappa shape index (κ1) is 14.5. The highest BCUT2D eigenvalue weighted by Crippen LogP contribution is 2.39. The van der Waals surface area contributed by atoms with Gasteiger partial charge in [0.2, 0.25) is 11.8 Å². The van der Waals surface area contributed by atoms with Crippen molar-refractivity contribution in [3.05, 3.63) is 0 Å². The Morgan fingerprint density at radius 2 is 1.94 bits per heavy atom. The molecule has 6 nitrogen and oxygen atoms in total. The Balaban J connectivity index is 2.32. The summed E-state index contributed by atoms with van der Waals surface area (Å²) in [5.74, 6) is -2.08. The summed E-state index contributed by atoms with van der Waals surface area (Å²) in [6.45, 7) is 4.52. The number of amides is 2. The molecule has 18 heavy (non-hydrogen) atoms. The summed E-state index contributed by atoms with van der Waals surface area (Å²) < 4.78 is 0. The summed E-state index contributed by atoms with van der Waals surface area (Å²) in [6, 6.07) is 0. The summed E-state index contributed by atoms with van der Waals surface area (Å²) in [5.41, 5.74) is 0. The predicted molar refractivity (Wildman–Crippen MR) is 64.7 cm³/mol. The number of carboxylic acid groups (broad SMARTS) is 1. The molecule has 0 heterocycles. The Kier molecular flexibility index (Phi) is 4.69. The molecule has 0 aromatic rings. The molecule has 1 saturated carbocycles. The van der Waals surface area contributed by atoms with E-state index < -0.39 is 17.8 Å². The van der Waals surface area contributed by atoms with Crippen molar-refractivity contribution in [3.8, 4) is 0 Å². The summed E-state index contributed by atoms with van der Waals surface area (Å²) in [5, 5.41) is 11.4. The van der Waals surface area contributed by atoms with Gasteiger partial charge in [0.15, 0.2) is 0 Å². The van der Waals surface area contributed by atoms with Gasteiger partial charge >= 0.3 is 5.97 Å². The number of rotatable bonds is 6. The molecular formula is C12H20N2O4. The number of aliphatic carboxylic acids is 1. The van der Waals surface area contributed by atoms with E-state index in [-0.39, 0.29) is 18.4 Å². The van der Waals surface area contributed by atoms with Gasteiger partial charge in [0.05, 0.1) is 18.4 Å². The summed E-state index contributed by atoms with van der Waals surface area (Å²) >= 11 is 0. The minimum Gasteiger partial charge on any atom is -0.481 e. The van der Waals surface area contributed by atoms with E-state index in [0.29, 0.717) is 18.9 Å². The van der Waals surface area contributed by atoms with Gasteiger partial charge in [-0.3, -0.25) is 14.4 Å². The lowest BCUT2D eigenvalue weighted by Crippen LogP contribution is -2.40. The van der Waals surface area contributed by atoms with Crippen LogP contribution in [0.4, 0.5) is 0 Å². The van der Waals surface area contributed by atoms with Crippen LogP contribution in [0.1, 0.15) is 20.3 Å². The Labute approximate surface area is 106 Å². The topological polar surface area (TPSA) is 86.7 Å². The van der Waals surface area contributed by atoms with Gasteiger partial charge in [0.1, 0.15) is 0 Å². The molecular weight excluding hydrogens is 236 g/mol. The van der Waals surface area contributed by atoms with Crippen molar-refractivity contribution < 1.29 is 19.5 Å². The molecule has 0 aliphatic heterocycles. The van der Waals surface area contributed by atoms with Gasteiger partial charge in [0, 0.05) is 13.6 Å². The number of carbonyl (C=O) groups excluding carboxylic acids is 2. The first-order valence-corrected chi connectivity index (χ1v) is 6.07. The number of hydrogen-bond donors (Lipinski definition) is 2. The zero-order valence-electron chi connectivity index (χ0n) is 11.0. The molecule has 2 atom stereocenters. The molecule has 1 rings (SSSR count). The molecule has 2 amide bonds. The van der Waals surface area contributed by atoms with Crippen LogP contribution in [0.15, 0.2) is 0 Å². The van der Waals surface area contributed by atoms with E-state index in [1.54, 1.807) is 0 Å². The van der Waals surface area contributed by atoms with Gasteiger partial charge in [-0.05, 0) is 12.3 Å². The lowest BCUT2D eigenvalue weighted by atomic mass is 10.2. The molecule has 1 fully saturated rings. The van der Waals surface area contributed by atoms with Crippen LogP contribution >= 0.6 is 0 Å². The van der Waals surface area contributed by atoms with Crippen molar-refractivity contribution in [1.29, 1.82) is 0 Å². The maximum atomic E-state index is 11.8. The largest absolute Gasteiger partial charge is 0.481 e. The highest BCUT2D eigenvalue weighted by molar-refractivity contribution is 5.91. The number of likely N-dealkylation sites (N-methyl/N-ethyl adjacent to an activating group) is 1. The van der Waals surface area contributed by atoms with Crippen LogP contribution in [-0.2, 0) is 14.4 Å². The number of nitrogens with zero attached hydrogens (tertiary/aromatic N) is 1. The van der Waals surface area contributed by atoms with Gasteiger partial charge in [-0.2, -0.15) is 0 Å². The van der Waals surface area contributed by atoms with Crippen LogP contribution in [0, 0.1) is 17.8 Å². The zero-order valence-corrected chi connectivity index (χ0v) is 11.0. The number of hydrogen-bond acceptors (Lipinski definition) is 3. The van der Waals surface area contributed by atoms with Crippen molar-refractivity contribution in [1.82, 2.24) is 10.2 Å². The minimum absolute atomic E-state index is 0.0195. The van der Waals surface area contributed by atoms with Gasteiger partial charge in [0.25, 0.3) is 0 Å². The standard InChI is InChI=1S/C12H20N2O4/c1-7(2)5-13-10(15)6-14(3)11(16)8-4-9(8)12(17)18/h7-9H,4-6H2,1-3H3,(H,13,15)(H,17,18). The van der Waals surface area contributed by atoms with Crippen molar-refractivity contribution in [2.24, 2.45) is 17.8 Å². The van der Waals surface area contributed by atoms with Crippen LogP contribution in [0.25, 0.3) is 0 Å². The smallest absolute Gasteiger partial charge is 0.307 e. The molecule has 1 aliphatic carbocycles. The number of carboxylic acids is 1. The molecule has 1 aliphatic rings. The van der Waals surface area contributed by atoms with Crippen molar-refractivity contribution >= 4 is 17.8 Å². The van der Waals surface area contributed by atoms with Crippen LogP contribution < -0.4 is 5.32 Å². The van der Waals surface area contributed by atoms with E-state index in [1.165, 1.54) is 11.9 Å². The van der Waals surface area contributed by atoms with Crippen molar-refractivity contribution in [2.75, 3.05) is 20.1 Å². The molecule has 2 unspecified atom stereocenters. The highest BCUT2D eigenvalue weighted by atomic mass is 16.4. The maximum Gasteiger partial charge on any atom is 0.307 e. The van der Waals surface area contributed by atoms with Crippen LogP contribution in [0.2, 0.25) is 0 Å². The number of nitrogens with one attached hydrogen (secondary N) is 1. The van der Waals surface area contributed by atoms with E-state index >= 15 is 0 Å². The zero-order chi connectivity index (χ0) is 13.9.